The first-order valence-corrected chi connectivity index (χ1v) is 11.2. The number of hydrogen-bond donors (Lipinski definition) is 0. The van der Waals surface area contributed by atoms with Crippen molar-refractivity contribution in [2.75, 3.05) is 19.1 Å². The van der Waals surface area contributed by atoms with Gasteiger partial charge in [-0.05, 0) is 37.6 Å². The van der Waals surface area contributed by atoms with Gasteiger partial charge in [-0.15, -0.1) is 11.6 Å². The maximum Gasteiger partial charge on any atom is 0.341 e. The van der Waals surface area contributed by atoms with Gasteiger partial charge >= 0.3 is 8.56 Å². The zero-order valence-corrected chi connectivity index (χ0v) is 15.4. The van der Waals surface area contributed by atoms with Gasteiger partial charge < -0.3 is 8.85 Å². The lowest BCUT2D eigenvalue weighted by molar-refractivity contribution is 0.147. The summed E-state index contributed by atoms with van der Waals surface area (Å²) in [6, 6.07) is 1.07. The molecule has 0 N–H and O–H groups in total. The van der Waals surface area contributed by atoms with E-state index in [9.17, 15) is 0 Å². The van der Waals surface area contributed by atoms with E-state index in [4.69, 9.17) is 20.5 Å². The van der Waals surface area contributed by atoms with Crippen molar-refractivity contribution in [1.82, 2.24) is 0 Å². The molecule has 0 saturated heterocycles. The Hall–Kier alpha value is 0.427. The molecule has 0 aromatic carbocycles. The second-order valence-corrected chi connectivity index (χ2v) is 10.0. The number of halogens is 1. The van der Waals surface area contributed by atoms with Gasteiger partial charge in [0.15, 0.2) is 0 Å². The summed E-state index contributed by atoms with van der Waals surface area (Å²) in [6.07, 6.45) is 8.83. The van der Waals surface area contributed by atoms with Crippen LogP contribution in [0.25, 0.3) is 0 Å². The molecule has 0 radical (unpaired) electrons. The van der Waals surface area contributed by atoms with E-state index in [1.54, 1.807) is 0 Å². The van der Waals surface area contributed by atoms with Gasteiger partial charge in [-0.3, -0.25) is 0 Å². The first-order valence-electron chi connectivity index (χ1n) is 8.52. The van der Waals surface area contributed by atoms with Gasteiger partial charge in [0.05, 0.1) is 0 Å². The van der Waals surface area contributed by atoms with Crippen LogP contribution in [-0.4, -0.2) is 27.7 Å². The topological polar surface area (TPSA) is 18.5 Å². The Morgan fingerprint density at radius 2 is 1.60 bits per heavy atom. The van der Waals surface area contributed by atoms with Crippen molar-refractivity contribution in [3.63, 3.8) is 0 Å². The molecule has 20 heavy (non-hydrogen) atoms. The van der Waals surface area contributed by atoms with Gasteiger partial charge in [-0.25, -0.2) is 0 Å². The first kappa shape index (κ1) is 18.5. The lowest BCUT2D eigenvalue weighted by atomic mass is 10.0. The molecule has 1 aliphatic rings. The molecule has 0 amide bonds. The molecule has 2 nitrogen and oxygen atoms in total. The van der Waals surface area contributed by atoms with E-state index in [-0.39, 0.29) is 0 Å². The standard InChI is InChI=1S/C16H33ClO2Si/c1-4-11-18-20(19-12-5-2,14-15(3)13-17)16-9-7-6-8-10-16/h15-16H,4-14H2,1-3H3. The normalized spacial score (nSPS) is 19.2. The lowest BCUT2D eigenvalue weighted by Gasteiger charge is -2.40. The van der Waals surface area contributed by atoms with Crippen LogP contribution in [0.3, 0.4) is 0 Å². The zero-order valence-electron chi connectivity index (χ0n) is 13.6. The molecule has 1 unspecified atom stereocenters. The van der Waals surface area contributed by atoms with Crippen LogP contribution in [0.4, 0.5) is 0 Å². The van der Waals surface area contributed by atoms with E-state index in [1.807, 2.05) is 0 Å². The smallest absolute Gasteiger partial charge is 0.341 e. The molecule has 120 valence electrons. The number of alkyl halides is 1. The van der Waals surface area contributed by atoms with Crippen LogP contribution in [0.5, 0.6) is 0 Å². The summed E-state index contributed by atoms with van der Waals surface area (Å²) in [7, 11) is -2.11. The minimum atomic E-state index is -2.11. The van der Waals surface area contributed by atoms with E-state index in [0.717, 1.165) is 32.1 Å². The predicted molar refractivity (Wildman–Crippen MR) is 89.8 cm³/mol. The molecule has 4 heteroatoms. The van der Waals surface area contributed by atoms with E-state index in [2.05, 4.69) is 20.8 Å². The Balaban J connectivity index is 2.82. The first-order chi connectivity index (χ1) is 9.68. The number of rotatable bonds is 10. The summed E-state index contributed by atoms with van der Waals surface area (Å²) < 4.78 is 12.9. The Morgan fingerprint density at radius 1 is 1.05 bits per heavy atom. The molecule has 0 heterocycles. The third kappa shape index (κ3) is 5.67. The van der Waals surface area contributed by atoms with Gasteiger partial charge in [0.2, 0.25) is 0 Å². The fourth-order valence-corrected chi connectivity index (χ4v) is 8.11. The quantitative estimate of drug-likeness (QED) is 0.391. The summed E-state index contributed by atoms with van der Waals surface area (Å²) in [5, 5.41) is 0. The predicted octanol–water partition coefficient (Wildman–Crippen LogP) is 5.49. The fourth-order valence-electron chi connectivity index (χ4n) is 3.19. The third-order valence-electron chi connectivity index (χ3n) is 4.22. The van der Waals surface area contributed by atoms with Crippen LogP contribution in [0.15, 0.2) is 0 Å². The van der Waals surface area contributed by atoms with E-state index >= 15 is 0 Å². The Bertz CT molecular complexity index is 237. The van der Waals surface area contributed by atoms with Crippen LogP contribution in [-0.2, 0) is 8.85 Å². The highest BCUT2D eigenvalue weighted by Gasteiger charge is 2.46. The lowest BCUT2D eigenvalue weighted by Crippen LogP contribution is -2.49. The highest BCUT2D eigenvalue weighted by atomic mass is 35.5. The van der Waals surface area contributed by atoms with Crippen molar-refractivity contribution >= 4 is 20.2 Å². The SMILES string of the molecule is CCCO[Si](CC(C)CCl)(OCCC)C1CCCCC1. The molecular weight excluding hydrogens is 288 g/mol. The summed E-state index contributed by atoms with van der Waals surface area (Å²) >= 11 is 6.08. The molecule has 1 fully saturated rings. The van der Waals surface area contributed by atoms with Crippen molar-refractivity contribution < 1.29 is 8.85 Å². The van der Waals surface area contributed by atoms with E-state index in [0.29, 0.717) is 17.3 Å². The zero-order chi connectivity index (χ0) is 14.8. The van der Waals surface area contributed by atoms with Gasteiger partial charge in [-0.2, -0.15) is 0 Å². The van der Waals surface area contributed by atoms with Crippen LogP contribution in [0.1, 0.15) is 65.7 Å². The van der Waals surface area contributed by atoms with Gasteiger partial charge in [0, 0.05) is 24.6 Å². The molecule has 0 bridgehead atoms. The van der Waals surface area contributed by atoms with Crippen molar-refractivity contribution in [2.45, 2.75) is 77.3 Å². The molecule has 1 atom stereocenters. The Labute approximate surface area is 131 Å². The molecular formula is C16H33ClO2Si. The molecule has 0 spiro atoms. The van der Waals surface area contributed by atoms with Crippen molar-refractivity contribution in [3.8, 4) is 0 Å². The molecule has 0 aliphatic heterocycles. The Morgan fingerprint density at radius 3 is 2.05 bits per heavy atom. The highest BCUT2D eigenvalue weighted by molar-refractivity contribution is 6.69. The monoisotopic (exact) mass is 320 g/mol. The minimum Gasteiger partial charge on any atom is -0.394 e. The van der Waals surface area contributed by atoms with Gasteiger partial charge in [-0.1, -0.05) is 40.0 Å². The molecule has 0 aromatic rings. The van der Waals surface area contributed by atoms with Crippen molar-refractivity contribution in [2.24, 2.45) is 5.92 Å². The largest absolute Gasteiger partial charge is 0.394 e. The Kier molecular flexibility index (Phi) is 9.43. The molecule has 0 aromatic heterocycles. The minimum absolute atomic E-state index is 0.499. The summed E-state index contributed by atoms with van der Waals surface area (Å²) in [6.45, 7) is 8.31. The van der Waals surface area contributed by atoms with Crippen LogP contribution >= 0.6 is 11.6 Å². The van der Waals surface area contributed by atoms with E-state index in [1.165, 1.54) is 32.1 Å². The van der Waals surface area contributed by atoms with Crippen LogP contribution < -0.4 is 0 Å². The average Bonchev–Trinajstić information content (AvgIpc) is 2.50. The van der Waals surface area contributed by atoms with Crippen molar-refractivity contribution in [1.29, 1.82) is 0 Å². The molecule has 1 rings (SSSR count). The van der Waals surface area contributed by atoms with Crippen LogP contribution in [0, 0.1) is 5.92 Å². The molecule has 1 saturated carbocycles. The summed E-state index contributed by atoms with van der Waals surface area (Å²) in [5.41, 5.74) is 0.681. The second kappa shape index (κ2) is 10.2. The van der Waals surface area contributed by atoms with E-state index < -0.39 is 8.56 Å². The van der Waals surface area contributed by atoms with Gasteiger partial charge in [0.1, 0.15) is 0 Å². The van der Waals surface area contributed by atoms with Crippen molar-refractivity contribution in [3.05, 3.63) is 0 Å². The maximum absolute atomic E-state index is 6.45. The summed E-state index contributed by atoms with van der Waals surface area (Å²) in [4.78, 5) is 0. The average molecular weight is 321 g/mol. The summed E-state index contributed by atoms with van der Waals surface area (Å²) in [5.74, 6) is 1.21. The number of hydrogen-bond acceptors (Lipinski definition) is 2. The third-order valence-corrected chi connectivity index (χ3v) is 9.22. The maximum atomic E-state index is 6.45. The van der Waals surface area contributed by atoms with Gasteiger partial charge in [0.25, 0.3) is 0 Å². The molecule has 1 aliphatic carbocycles. The highest BCUT2D eigenvalue weighted by Crippen LogP contribution is 2.42. The fraction of sp³-hybridized carbons (Fsp3) is 1.00. The van der Waals surface area contributed by atoms with Crippen LogP contribution in [0.2, 0.25) is 11.6 Å². The second-order valence-electron chi connectivity index (χ2n) is 6.31.